The summed E-state index contributed by atoms with van der Waals surface area (Å²) >= 11 is 5.93. The largest absolute Gasteiger partial charge is 0.397 e. The number of nitrogens with two attached hydrogens (primary N) is 1. The van der Waals surface area contributed by atoms with E-state index >= 15 is 0 Å². The van der Waals surface area contributed by atoms with E-state index in [0.717, 1.165) is 0 Å². The van der Waals surface area contributed by atoms with Gasteiger partial charge in [0.1, 0.15) is 0 Å². The smallest absolute Gasteiger partial charge is 0.256 e. The third-order valence-corrected chi connectivity index (χ3v) is 3.32. The van der Waals surface area contributed by atoms with E-state index in [1.807, 2.05) is 13.8 Å². The average molecular weight is 269 g/mol. The molecule has 0 spiro atoms. The van der Waals surface area contributed by atoms with Crippen molar-refractivity contribution in [2.45, 2.75) is 26.1 Å². The van der Waals surface area contributed by atoms with Gasteiger partial charge in [0.2, 0.25) is 0 Å². The number of nitrogen functional groups attached to an aromatic ring is 1. The number of anilines is 1. The number of carbonyl (C=O) groups excluding carboxylic acids is 1. The highest BCUT2D eigenvalue weighted by molar-refractivity contribution is 6.33. The fourth-order valence-corrected chi connectivity index (χ4v) is 2.41. The Balaban J connectivity index is 2.23. The summed E-state index contributed by atoms with van der Waals surface area (Å²) in [7, 11) is 0. The van der Waals surface area contributed by atoms with Crippen LogP contribution in [0.25, 0.3) is 0 Å². The Kier molecular flexibility index (Phi) is 3.78. The van der Waals surface area contributed by atoms with Crippen LogP contribution in [0.5, 0.6) is 0 Å². The first-order chi connectivity index (χ1) is 8.49. The molecule has 1 aliphatic heterocycles. The second-order valence-electron chi connectivity index (χ2n) is 4.67. The molecule has 1 aromatic rings. The average Bonchev–Trinajstić information content (AvgIpc) is 2.30. The molecule has 2 N–H and O–H groups in total. The first kappa shape index (κ1) is 13.2. The Morgan fingerprint density at radius 1 is 1.39 bits per heavy atom. The van der Waals surface area contributed by atoms with E-state index in [1.54, 1.807) is 23.1 Å². The molecular weight excluding hydrogens is 252 g/mol. The molecule has 1 aromatic carbocycles. The Morgan fingerprint density at radius 3 is 2.61 bits per heavy atom. The number of morpholine rings is 1. The van der Waals surface area contributed by atoms with Crippen LogP contribution in [0.15, 0.2) is 18.2 Å². The third-order valence-electron chi connectivity index (χ3n) is 2.99. The normalized spacial score (nSPS) is 24.1. The lowest BCUT2D eigenvalue weighted by atomic mass is 10.1. The molecule has 1 amide bonds. The number of carbonyl (C=O) groups is 1. The summed E-state index contributed by atoms with van der Waals surface area (Å²) in [5.41, 5.74) is 6.65. The first-order valence-electron chi connectivity index (χ1n) is 5.97. The lowest BCUT2D eigenvalue weighted by Gasteiger charge is -2.35. The number of ether oxygens (including phenoxy) is 1. The second kappa shape index (κ2) is 5.16. The van der Waals surface area contributed by atoms with E-state index in [1.165, 1.54) is 0 Å². The molecule has 98 valence electrons. The van der Waals surface area contributed by atoms with Gasteiger partial charge >= 0.3 is 0 Å². The van der Waals surface area contributed by atoms with E-state index in [0.29, 0.717) is 29.4 Å². The van der Waals surface area contributed by atoms with Crippen molar-refractivity contribution < 1.29 is 9.53 Å². The molecule has 2 unspecified atom stereocenters. The highest BCUT2D eigenvalue weighted by atomic mass is 35.5. The van der Waals surface area contributed by atoms with Crippen LogP contribution < -0.4 is 5.73 Å². The maximum atomic E-state index is 12.4. The molecule has 0 radical (unpaired) electrons. The maximum Gasteiger partial charge on any atom is 0.256 e. The summed E-state index contributed by atoms with van der Waals surface area (Å²) in [5, 5.41) is 0.412. The fourth-order valence-electron chi connectivity index (χ4n) is 2.24. The molecule has 1 saturated heterocycles. The molecule has 4 nitrogen and oxygen atoms in total. The minimum Gasteiger partial charge on any atom is -0.397 e. The van der Waals surface area contributed by atoms with Crippen molar-refractivity contribution in [2.75, 3.05) is 18.8 Å². The van der Waals surface area contributed by atoms with Gasteiger partial charge in [-0.05, 0) is 26.0 Å². The van der Waals surface area contributed by atoms with Crippen molar-refractivity contribution in [2.24, 2.45) is 0 Å². The number of nitrogens with zero attached hydrogens (tertiary/aromatic N) is 1. The summed E-state index contributed by atoms with van der Waals surface area (Å²) in [6.07, 6.45) is 0.0798. The Labute approximate surface area is 112 Å². The summed E-state index contributed by atoms with van der Waals surface area (Å²) in [5.74, 6) is -0.0861. The monoisotopic (exact) mass is 268 g/mol. The molecule has 1 heterocycles. The van der Waals surface area contributed by atoms with Gasteiger partial charge in [-0.2, -0.15) is 0 Å². The molecule has 0 saturated carbocycles. The van der Waals surface area contributed by atoms with Gasteiger partial charge in [0.15, 0.2) is 0 Å². The van der Waals surface area contributed by atoms with Gasteiger partial charge in [-0.25, -0.2) is 0 Å². The van der Waals surface area contributed by atoms with E-state index < -0.39 is 0 Å². The van der Waals surface area contributed by atoms with Crippen LogP contribution in [0.2, 0.25) is 5.02 Å². The second-order valence-corrected chi connectivity index (χ2v) is 5.08. The number of benzene rings is 1. The molecule has 2 atom stereocenters. The number of para-hydroxylation sites is 1. The lowest BCUT2D eigenvalue weighted by molar-refractivity contribution is -0.0585. The SMILES string of the molecule is CC1CN(C(=O)c2cccc(Cl)c2N)CC(C)O1. The molecule has 0 bridgehead atoms. The minimum atomic E-state index is -0.0861. The van der Waals surface area contributed by atoms with Gasteiger partial charge < -0.3 is 15.4 Å². The molecule has 1 fully saturated rings. The van der Waals surface area contributed by atoms with Crippen LogP contribution in [0, 0.1) is 0 Å². The molecule has 5 heteroatoms. The zero-order valence-electron chi connectivity index (χ0n) is 10.5. The third kappa shape index (κ3) is 2.60. The van der Waals surface area contributed by atoms with Crippen molar-refractivity contribution in [1.29, 1.82) is 0 Å². The molecule has 2 rings (SSSR count). The van der Waals surface area contributed by atoms with Crippen LogP contribution in [-0.4, -0.2) is 36.1 Å². The number of hydrogen-bond donors (Lipinski definition) is 1. The Bertz CT molecular complexity index is 454. The zero-order valence-corrected chi connectivity index (χ0v) is 11.3. The van der Waals surface area contributed by atoms with E-state index in [-0.39, 0.29) is 18.1 Å². The van der Waals surface area contributed by atoms with Crippen LogP contribution in [0.1, 0.15) is 24.2 Å². The quantitative estimate of drug-likeness (QED) is 0.794. The van der Waals surface area contributed by atoms with E-state index in [4.69, 9.17) is 22.1 Å². The molecule has 0 aliphatic carbocycles. The van der Waals surface area contributed by atoms with Crippen molar-refractivity contribution in [1.82, 2.24) is 4.90 Å². The molecule has 1 aliphatic rings. The van der Waals surface area contributed by atoms with Gasteiger partial charge in [-0.15, -0.1) is 0 Å². The molecule has 0 aromatic heterocycles. The van der Waals surface area contributed by atoms with Gasteiger partial charge in [0, 0.05) is 13.1 Å². The summed E-state index contributed by atoms with van der Waals surface area (Å²) < 4.78 is 5.61. The van der Waals surface area contributed by atoms with Gasteiger partial charge in [-0.1, -0.05) is 17.7 Å². The van der Waals surface area contributed by atoms with Crippen LogP contribution >= 0.6 is 11.6 Å². The summed E-state index contributed by atoms with van der Waals surface area (Å²) in [6.45, 7) is 5.07. The number of halogens is 1. The molecular formula is C13H17ClN2O2. The van der Waals surface area contributed by atoms with Gasteiger partial charge in [0.25, 0.3) is 5.91 Å². The summed E-state index contributed by atoms with van der Waals surface area (Å²) in [4.78, 5) is 14.2. The van der Waals surface area contributed by atoms with Crippen molar-refractivity contribution in [3.63, 3.8) is 0 Å². The fraction of sp³-hybridized carbons (Fsp3) is 0.462. The predicted octanol–water partition coefficient (Wildman–Crippen LogP) is 2.17. The van der Waals surface area contributed by atoms with Gasteiger partial charge in [0.05, 0.1) is 28.5 Å². The van der Waals surface area contributed by atoms with Crippen LogP contribution in [0.4, 0.5) is 5.69 Å². The highest BCUT2D eigenvalue weighted by Crippen LogP contribution is 2.24. The summed E-state index contributed by atoms with van der Waals surface area (Å²) in [6, 6.07) is 5.12. The van der Waals surface area contributed by atoms with Crippen LogP contribution in [-0.2, 0) is 4.74 Å². The van der Waals surface area contributed by atoms with Crippen molar-refractivity contribution in [3.8, 4) is 0 Å². The number of amides is 1. The number of rotatable bonds is 1. The Morgan fingerprint density at radius 2 is 2.00 bits per heavy atom. The lowest BCUT2D eigenvalue weighted by Crippen LogP contribution is -2.48. The first-order valence-corrected chi connectivity index (χ1v) is 6.35. The topological polar surface area (TPSA) is 55.6 Å². The maximum absolute atomic E-state index is 12.4. The van der Waals surface area contributed by atoms with Crippen LogP contribution in [0.3, 0.4) is 0 Å². The minimum absolute atomic E-state index is 0.0399. The van der Waals surface area contributed by atoms with Crippen molar-refractivity contribution >= 4 is 23.2 Å². The highest BCUT2D eigenvalue weighted by Gasteiger charge is 2.27. The zero-order chi connectivity index (χ0) is 13.3. The predicted molar refractivity (Wildman–Crippen MR) is 71.8 cm³/mol. The van der Waals surface area contributed by atoms with E-state index in [9.17, 15) is 4.79 Å². The van der Waals surface area contributed by atoms with E-state index in [2.05, 4.69) is 0 Å². The standard InChI is InChI=1S/C13H17ClN2O2/c1-8-6-16(7-9(2)18-8)13(17)10-4-3-5-11(14)12(10)15/h3-5,8-9H,6-7,15H2,1-2H3. The number of hydrogen-bond acceptors (Lipinski definition) is 3. The Hall–Kier alpha value is -1.26. The molecule has 18 heavy (non-hydrogen) atoms. The van der Waals surface area contributed by atoms with Crippen molar-refractivity contribution in [3.05, 3.63) is 28.8 Å². The van der Waals surface area contributed by atoms with Gasteiger partial charge in [-0.3, -0.25) is 4.79 Å².